The molecule has 0 unspecified atom stereocenters. The van der Waals surface area contributed by atoms with Gasteiger partial charge in [0.15, 0.2) is 5.82 Å². The van der Waals surface area contributed by atoms with E-state index in [9.17, 15) is 9.59 Å². The number of anilines is 1. The molecular weight excluding hydrogens is 402 g/mol. The number of aromatic nitrogens is 4. The monoisotopic (exact) mass is 427 g/mol. The lowest BCUT2D eigenvalue weighted by Crippen LogP contribution is -2.21. The fraction of sp³-hybridized carbons (Fsp3) is 0.280. The number of carbonyl (C=O) groups is 1. The van der Waals surface area contributed by atoms with Crippen molar-refractivity contribution in [2.24, 2.45) is 7.05 Å². The molecule has 7 heteroatoms. The molecule has 7 nitrogen and oxygen atoms in total. The van der Waals surface area contributed by atoms with Gasteiger partial charge in [-0.25, -0.2) is 0 Å². The smallest absolute Gasteiger partial charge is 0.256 e. The molecule has 1 N–H and O–H groups in total. The maximum Gasteiger partial charge on any atom is 0.256 e. The fourth-order valence-corrected chi connectivity index (χ4v) is 4.38. The molecule has 2 aromatic heterocycles. The van der Waals surface area contributed by atoms with E-state index in [0.29, 0.717) is 11.3 Å². The van der Waals surface area contributed by atoms with Crippen molar-refractivity contribution in [3.8, 4) is 11.4 Å². The summed E-state index contributed by atoms with van der Waals surface area (Å²) >= 11 is 0. The van der Waals surface area contributed by atoms with Crippen molar-refractivity contribution in [1.82, 2.24) is 19.3 Å². The van der Waals surface area contributed by atoms with Gasteiger partial charge in [0.25, 0.3) is 11.5 Å². The second-order valence-corrected chi connectivity index (χ2v) is 8.36. The molecule has 0 radical (unpaired) electrons. The predicted octanol–water partition coefficient (Wildman–Crippen LogP) is 4.08. The zero-order chi connectivity index (χ0) is 22.2. The largest absolute Gasteiger partial charge is 0.322 e. The molecule has 0 atom stereocenters. The second kappa shape index (κ2) is 8.07. The lowest BCUT2D eigenvalue weighted by molar-refractivity contribution is 0.102. The normalized spacial score (nSPS) is 13.6. The first kappa shape index (κ1) is 20.2. The van der Waals surface area contributed by atoms with Gasteiger partial charge in [-0.2, -0.15) is 0 Å². The number of aryl methyl sites for hydroxylation is 3. The number of hydrogen-bond acceptors (Lipinski definition) is 4. The summed E-state index contributed by atoms with van der Waals surface area (Å²) in [5.41, 5.74) is 3.42. The molecule has 2 aromatic carbocycles. The number of carbonyl (C=O) groups excluding carboxylic acids is 1. The van der Waals surface area contributed by atoms with E-state index in [1.165, 1.54) is 12.5 Å². The van der Waals surface area contributed by atoms with E-state index in [4.69, 9.17) is 0 Å². The average Bonchev–Trinajstić information content (AvgIpc) is 3.05. The zero-order valence-electron chi connectivity index (χ0n) is 18.3. The van der Waals surface area contributed by atoms with Crippen molar-refractivity contribution in [1.29, 1.82) is 0 Å². The zero-order valence-corrected chi connectivity index (χ0v) is 18.3. The third kappa shape index (κ3) is 3.49. The highest BCUT2D eigenvalue weighted by Crippen LogP contribution is 2.27. The van der Waals surface area contributed by atoms with Crippen LogP contribution in [-0.4, -0.2) is 25.2 Å². The molecular formula is C25H25N5O2. The Bertz CT molecular complexity index is 1400. The Hall–Kier alpha value is -3.74. The molecule has 1 amide bonds. The van der Waals surface area contributed by atoms with Crippen LogP contribution in [0.1, 0.15) is 41.0 Å². The van der Waals surface area contributed by atoms with Gasteiger partial charge >= 0.3 is 0 Å². The van der Waals surface area contributed by atoms with E-state index in [1.807, 2.05) is 49.4 Å². The minimum absolute atomic E-state index is 0.217. The number of nitrogens with one attached hydrogen (secondary N) is 1. The maximum absolute atomic E-state index is 13.2. The maximum atomic E-state index is 13.2. The summed E-state index contributed by atoms with van der Waals surface area (Å²) in [6.45, 7) is 2.86. The Morgan fingerprint density at radius 1 is 1.03 bits per heavy atom. The lowest BCUT2D eigenvalue weighted by Gasteiger charge is -2.13. The van der Waals surface area contributed by atoms with Gasteiger partial charge in [-0.05, 0) is 37.5 Å². The molecule has 1 aliphatic rings. The number of para-hydroxylation sites is 1. The van der Waals surface area contributed by atoms with Gasteiger partial charge in [-0.1, -0.05) is 36.8 Å². The van der Waals surface area contributed by atoms with E-state index in [2.05, 4.69) is 20.1 Å². The molecule has 162 valence electrons. The highest BCUT2D eigenvalue weighted by Gasteiger charge is 2.18. The lowest BCUT2D eigenvalue weighted by atomic mass is 10.1. The van der Waals surface area contributed by atoms with Crippen LogP contribution in [0.5, 0.6) is 0 Å². The van der Waals surface area contributed by atoms with Gasteiger partial charge < -0.3 is 14.5 Å². The molecule has 32 heavy (non-hydrogen) atoms. The van der Waals surface area contributed by atoms with Gasteiger partial charge in [-0.15, -0.1) is 10.2 Å². The Balaban J connectivity index is 1.52. The van der Waals surface area contributed by atoms with E-state index < -0.39 is 0 Å². The summed E-state index contributed by atoms with van der Waals surface area (Å²) in [5, 5.41) is 12.6. The van der Waals surface area contributed by atoms with Crippen LogP contribution < -0.4 is 10.9 Å². The number of fused-ring (bicyclic) bond motifs is 2. The molecule has 0 aliphatic carbocycles. The van der Waals surface area contributed by atoms with E-state index in [-0.39, 0.29) is 11.5 Å². The Morgan fingerprint density at radius 2 is 1.88 bits per heavy atom. The van der Waals surface area contributed by atoms with Gasteiger partial charge in [-0.3, -0.25) is 9.59 Å². The number of hydrogen-bond donors (Lipinski definition) is 1. The van der Waals surface area contributed by atoms with Gasteiger partial charge in [0, 0.05) is 42.7 Å². The first-order chi connectivity index (χ1) is 15.5. The second-order valence-electron chi connectivity index (χ2n) is 8.36. The summed E-state index contributed by atoms with van der Waals surface area (Å²) in [6.07, 6.45) is 4.39. The van der Waals surface area contributed by atoms with Crippen molar-refractivity contribution in [3.63, 3.8) is 0 Å². The predicted molar refractivity (Wildman–Crippen MR) is 125 cm³/mol. The van der Waals surface area contributed by atoms with Crippen LogP contribution in [0, 0.1) is 6.92 Å². The molecule has 3 heterocycles. The first-order valence-electron chi connectivity index (χ1n) is 11.0. The van der Waals surface area contributed by atoms with Crippen LogP contribution in [0.15, 0.2) is 53.3 Å². The molecule has 0 fully saturated rings. The van der Waals surface area contributed by atoms with Gasteiger partial charge in [0.2, 0.25) is 0 Å². The highest BCUT2D eigenvalue weighted by atomic mass is 16.2. The number of nitrogens with zero attached hydrogens (tertiary/aromatic N) is 4. The quantitative estimate of drug-likeness (QED) is 0.534. The molecule has 0 saturated heterocycles. The molecule has 1 aliphatic heterocycles. The van der Waals surface area contributed by atoms with E-state index in [0.717, 1.165) is 59.5 Å². The number of pyridine rings is 1. The SMILES string of the molecule is Cc1ccc(-c2nnc3n2CCCCC3)cc1NC(=O)c1cc(=O)n(C)c2ccccc12. The first-order valence-corrected chi connectivity index (χ1v) is 11.0. The molecule has 0 saturated carbocycles. The third-order valence-corrected chi connectivity index (χ3v) is 6.25. The van der Waals surface area contributed by atoms with Crippen LogP contribution in [0.4, 0.5) is 5.69 Å². The Morgan fingerprint density at radius 3 is 2.75 bits per heavy atom. The van der Waals surface area contributed by atoms with E-state index in [1.54, 1.807) is 11.6 Å². The average molecular weight is 428 g/mol. The Kier molecular flexibility index (Phi) is 5.09. The number of benzene rings is 2. The summed E-state index contributed by atoms with van der Waals surface area (Å²) in [4.78, 5) is 25.6. The van der Waals surface area contributed by atoms with Crippen molar-refractivity contribution in [2.45, 2.75) is 39.2 Å². The summed E-state index contributed by atoms with van der Waals surface area (Å²) < 4.78 is 3.74. The summed E-state index contributed by atoms with van der Waals surface area (Å²) in [5.74, 6) is 1.55. The molecule has 0 bridgehead atoms. The van der Waals surface area contributed by atoms with E-state index >= 15 is 0 Å². The standard InChI is InChI=1S/C25H25N5O2/c1-16-11-12-17(24-28-27-22-10-4-3-7-13-30(22)24)14-20(16)26-25(32)19-15-23(31)29(2)21-9-6-5-8-18(19)21/h5-6,8-9,11-12,14-15H,3-4,7,10,13H2,1-2H3,(H,26,32). The summed E-state index contributed by atoms with van der Waals surface area (Å²) in [7, 11) is 1.71. The summed E-state index contributed by atoms with van der Waals surface area (Å²) in [6, 6.07) is 14.8. The minimum atomic E-state index is -0.306. The fourth-order valence-electron chi connectivity index (χ4n) is 4.38. The van der Waals surface area contributed by atoms with Crippen molar-refractivity contribution in [3.05, 3.63) is 75.8 Å². The van der Waals surface area contributed by atoms with Crippen LogP contribution in [0.3, 0.4) is 0 Å². The Labute approximate surface area is 185 Å². The highest BCUT2D eigenvalue weighted by molar-refractivity contribution is 6.12. The van der Waals surface area contributed by atoms with Gasteiger partial charge in [0.1, 0.15) is 5.82 Å². The molecule has 5 rings (SSSR count). The van der Waals surface area contributed by atoms with Crippen LogP contribution in [-0.2, 0) is 20.0 Å². The van der Waals surface area contributed by atoms with Crippen LogP contribution in [0.25, 0.3) is 22.3 Å². The van der Waals surface area contributed by atoms with Crippen molar-refractivity contribution in [2.75, 3.05) is 5.32 Å². The van der Waals surface area contributed by atoms with Crippen LogP contribution >= 0.6 is 0 Å². The van der Waals surface area contributed by atoms with Crippen LogP contribution in [0.2, 0.25) is 0 Å². The molecule has 4 aromatic rings. The number of amides is 1. The van der Waals surface area contributed by atoms with Crippen molar-refractivity contribution >= 4 is 22.5 Å². The molecule has 0 spiro atoms. The van der Waals surface area contributed by atoms with Gasteiger partial charge in [0.05, 0.1) is 11.1 Å². The minimum Gasteiger partial charge on any atom is -0.322 e. The topological polar surface area (TPSA) is 81.8 Å². The number of rotatable bonds is 3. The van der Waals surface area contributed by atoms with Crippen molar-refractivity contribution < 1.29 is 4.79 Å². The third-order valence-electron chi connectivity index (χ3n) is 6.25.